The van der Waals surface area contributed by atoms with E-state index in [0.29, 0.717) is 10.7 Å². The fraction of sp³-hybridized carbons (Fsp3) is 0.467. The van der Waals surface area contributed by atoms with Gasteiger partial charge in [0.15, 0.2) is 0 Å². The van der Waals surface area contributed by atoms with Crippen LogP contribution in [0.1, 0.15) is 55.2 Å². The number of hydrogen-bond acceptors (Lipinski definition) is 5. The first kappa shape index (κ1) is 31.5. The molecule has 1 saturated carbocycles. The van der Waals surface area contributed by atoms with Crippen molar-refractivity contribution in [2.24, 2.45) is 11.1 Å². The van der Waals surface area contributed by atoms with Gasteiger partial charge >= 0.3 is 6.18 Å². The third kappa shape index (κ3) is 7.30. The average Bonchev–Trinajstić information content (AvgIpc) is 3.73. The number of Topliss-reactive ketones (excluding diaryl/α,β-unsaturated/α-hetero) is 1. The molecule has 2 atom stereocenters. The van der Waals surface area contributed by atoms with E-state index in [1.165, 1.54) is 4.90 Å². The molecule has 1 heterocycles. The molecule has 2 aromatic rings. The number of nitrogens with zero attached hydrogens (tertiary/aromatic N) is 1. The second-order valence-electron chi connectivity index (χ2n) is 11.1. The number of carbonyl (C=O) groups is 4. The number of fused-ring (bicyclic) bond motifs is 1. The molecule has 0 saturated heterocycles. The van der Waals surface area contributed by atoms with Gasteiger partial charge in [-0.2, -0.15) is 13.2 Å². The first-order valence-electron chi connectivity index (χ1n) is 13.9. The molecule has 0 unspecified atom stereocenters. The highest BCUT2D eigenvalue weighted by Crippen LogP contribution is 2.60. The van der Waals surface area contributed by atoms with Gasteiger partial charge in [0.2, 0.25) is 17.7 Å². The van der Waals surface area contributed by atoms with Crippen LogP contribution in [0.25, 0.3) is 0 Å². The van der Waals surface area contributed by atoms with Crippen molar-refractivity contribution >= 4 is 40.8 Å². The maximum absolute atomic E-state index is 13.6. The van der Waals surface area contributed by atoms with Crippen molar-refractivity contribution < 1.29 is 32.3 Å². The predicted molar refractivity (Wildman–Crippen MR) is 151 cm³/mol. The molecule has 226 valence electrons. The maximum atomic E-state index is 13.6. The summed E-state index contributed by atoms with van der Waals surface area (Å²) in [6.45, 7) is 1.98. The topological polar surface area (TPSA) is 122 Å². The van der Waals surface area contributed by atoms with Gasteiger partial charge in [0.05, 0.1) is 5.41 Å². The SMILES string of the molecule is Cc1cc(NC(=O)[C@H](CCN)NC(=O)[C@@H]2Cc3ccccc3CN2C(=O)CCC(=O)CC2(C(F)(F)F)CC2)ccc1Cl. The number of anilines is 1. The maximum Gasteiger partial charge on any atom is 0.394 e. The molecule has 0 spiro atoms. The van der Waals surface area contributed by atoms with E-state index in [-0.39, 0.29) is 51.6 Å². The minimum absolute atomic E-state index is 0.0868. The molecule has 1 aliphatic carbocycles. The first-order chi connectivity index (χ1) is 19.8. The van der Waals surface area contributed by atoms with Gasteiger partial charge in [-0.3, -0.25) is 19.2 Å². The number of halogens is 4. The zero-order valence-corrected chi connectivity index (χ0v) is 24.0. The Balaban J connectivity index is 1.45. The number of alkyl halides is 3. The quantitative estimate of drug-likeness (QED) is 0.349. The number of carbonyl (C=O) groups excluding carboxylic acids is 4. The van der Waals surface area contributed by atoms with Crippen LogP contribution in [0.5, 0.6) is 0 Å². The molecular weight excluding hydrogens is 573 g/mol. The third-order valence-electron chi connectivity index (χ3n) is 7.99. The molecule has 1 aliphatic heterocycles. The summed E-state index contributed by atoms with van der Waals surface area (Å²) in [7, 11) is 0. The van der Waals surface area contributed by atoms with Crippen molar-refractivity contribution in [3.8, 4) is 0 Å². The largest absolute Gasteiger partial charge is 0.394 e. The van der Waals surface area contributed by atoms with Gasteiger partial charge in [0, 0.05) is 42.9 Å². The van der Waals surface area contributed by atoms with E-state index in [1.54, 1.807) is 31.2 Å². The van der Waals surface area contributed by atoms with E-state index in [1.807, 2.05) is 18.2 Å². The fourth-order valence-electron chi connectivity index (χ4n) is 5.24. The summed E-state index contributed by atoms with van der Waals surface area (Å²) < 4.78 is 39.9. The summed E-state index contributed by atoms with van der Waals surface area (Å²) in [4.78, 5) is 53.7. The number of nitrogens with two attached hydrogens (primary N) is 1. The number of hydrogen-bond donors (Lipinski definition) is 3. The number of aryl methyl sites for hydroxylation is 1. The first-order valence-corrected chi connectivity index (χ1v) is 14.2. The van der Waals surface area contributed by atoms with Crippen molar-refractivity contribution in [2.75, 3.05) is 11.9 Å². The van der Waals surface area contributed by atoms with Crippen LogP contribution in [0.2, 0.25) is 5.02 Å². The Bertz CT molecular complexity index is 1360. The van der Waals surface area contributed by atoms with Crippen molar-refractivity contribution in [2.45, 2.75) is 76.7 Å². The summed E-state index contributed by atoms with van der Waals surface area (Å²) in [5, 5.41) is 6.02. The van der Waals surface area contributed by atoms with Crippen molar-refractivity contribution in [1.82, 2.24) is 10.2 Å². The van der Waals surface area contributed by atoms with Gasteiger partial charge in [-0.15, -0.1) is 0 Å². The minimum atomic E-state index is -4.45. The molecule has 4 rings (SSSR count). The van der Waals surface area contributed by atoms with E-state index in [0.717, 1.165) is 16.7 Å². The van der Waals surface area contributed by atoms with Crippen LogP contribution in [-0.4, -0.2) is 53.2 Å². The van der Waals surface area contributed by atoms with Gasteiger partial charge in [0.1, 0.15) is 17.9 Å². The van der Waals surface area contributed by atoms with Crippen LogP contribution < -0.4 is 16.4 Å². The Labute approximate surface area is 247 Å². The van der Waals surface area contributed by atoms with E-state index < -0.39 is 53.6 Å². The summed E-state index contributed by atoms with van der Waals surface area (Å²) in [6.07, 6.45) is -5.62. The zero-order chi connectivity index (χ0) is 30.7. The fourth-order valence-corrected chi connectivity index (χ4v) is 5.36. The van der Waals surface area contributed by atoms with Crippen LogP contribution in [0.15, 0.2) is 42.5 Å². The minimum Gasteiger partial charge on any atom is -0.342 e. The lowest BCUT2D eigenvalue weighted by atomic mass is 9.92. The Morgan fingerprint density at radius 3 is 2.40 bits per heavy atom. The third-order valence-corrected chi connectivity index (χ3v) is 8.42. The Hall–Kier alpha value is -3.44. The number of nitrogens with one attached hydrogen (secondary N) is 2. The molecule has 3 amide bonds. The Morgan fingerprint density at radius 2 is 1.79 bits per heavy atom. The molecular formula is C30H34ClF3N4O4. The van der Waals surface area contributed by atoms with Gasteiger partial charge in [0.25, 0.3) is 0 Å². The van der Waals surface area contributed by atoms with Gasteiger partial charge in [-0.1, -0.05) is 35.9 Å². The predicted octanol–water partition coefficient (Wildman–Crippen LogP) is 4.46. The van der Waals surface area contributed by atoms with Crippen LogP contribution in [0.3, 0.4) is 0 Å². The number of rotatable bonds is 11. The smallest absolute Gasteiger partial charge is 0.342 e. The molecule has 0 bridgehead atoms. The van der Waals surface area contributed by atoms with Gasteiger partial charge in [-0.25, -0.2) is 0 Å². The summed E-state index contributed by atoms with van der Waals surface area (Å²) in [5.74, 6) is -2.21. The molecule has 0 aromatic heterocycles. The van der Waals surface area contributed by atoms with Crippen LogP contribution in [0, 0.1) is 12.3 Å². The van der Waals surface area contributed by atoms with Crippen molar-refractivity contribution in [3.63, 3.8) is 0 Å². The number of benzene rings is 2. The molecule has 8 nitrogen and oxygen atoms in total. The van der Waals surface area contributed by atoms with Crippen molar-refractivity contribution in [1.29, 1.82) is 0 Å². The molecule has 12 heteroatoms. The van der Waals surface area contributed by atoms with Crippen LogP contribution in [-0.2, 0) is 32.1 Å². The molecule has 2 aromatic carbocycles. The number of amides is 3. The van der Waals surface area contributed by atoms with E-state index in [4.69, 9.17) is 17.3 Å². The lowest BCUT2D eigenvalue weighted by Crippen LogP contribution is -2.56. The molecule has 2 aliphatic rings. The summed E-state index contributed by atoms with van der Waals surface area (Å²) in [5.41, 5.74) is 6.68. The Morgan fingerprint density at radius 1 is 1.10 bits per heavy atom. The Kier molecular flexibility index (Phi) is 9.62. The monoisotopic (exact) mass is 606 g/mol. The van der Waals surface area contributed by atoms with Crippen LogP contribution in [0.4, 0.5) is 18.9 Å². The molecule has 1 fully saturated rings. The highest BCUT2D eigenvalue weighted by atomic mass is 35.5. The normalized spacial score (nSPS) is 18.0. The second kappa shape index (κ2) is 12.8. The molecule has 42 heavy (non-hydrogen) atoms. The lowest BCUT2D eigenvalue weighted by Gasteiger charge is -2.37. The average molecular weight is 607 g/mol. The second-order valence-corrected chi connectivity index (χ2v) is 11.5. The van der Waals surface area contributed by atoms with E-state index >= 15 is 0 Å². The highest BCUT2D eigenvalue weighted by molar-refractivity contribution is 6.31. The van der Waals surface area contributed by atoms with Gasteiger partial charge < -0.3 is 21.3 Å². The zero-order valence-electron chi connectivity index (χ0n) is 23.2. The van der Waals surface area contributed by atoms with Crippen molar-refractivity contribution in [3.05, 3.63) is 64.2 Å². The number of ketones is 1. The van der Waals surface area contributed by atoms with E-state index in [2.05, 4.69) is 10.6 Å². The van der Waals surface area contributed by atoms with Gasteiger partial charge in [-0.05, 0) is 67.6 Å². The summed E-state index contributed by atoms with van der Waals surface area (Å²) >= 11 is 6.07. The highest BCUT2D eigenvalue weighted by Gasteiger charge is 2.63. The molecule has 0 radical (unpaired) electrons. The lowest BCUT2D eigenvalue weighted by molar-refractivity contribution is -0.190. The standard InChI is InChI=1S/C30H34ClF3N4O4/c1-18-14-21(6-8-23(18)31)36-27(41)24(10-13-35)37-28(42)25-15-19-4-2-3-5-20(19)17-38(25)26(40)9-7-22(39)16-29(11-12-29)30(32,33)34/h2-6,8,14,24-25H,7,9-13,15-17,35H2,1H3,(H,36,41)(H,37,42)/t24-,25-/m0/s1. The van der Waals surface area contributed by atoms with Crippen LogP contribution >= 0.6 is 11.6 Å². The molecule has 4 N–H and O–H groups in total. The van der Waals surface area contributed by atoms with E-state index in [9.17, 15) is 32.3 Å². The summed E-state index contributed by atoms with van der Waals surface area (Å²) in [6, 6.07) is 10.3.